The van der Waals surface area contributed by atoms with Gasteiger partial charge < -0.3 is 21.1 Å². The Morgan fingerprint density at radius 1 is 1.36 bits per heavy atom. The topological polar surface area (TPSA) is 108 Å². The van der Waals surface area contributed by atoms with Crippen LogP contribution in [0.4, 0.5) is 11.4 Å². The Hall–Kier alpha value is -2.76. The monoisotopic (exact) mass is 299 g/mol. The molecule has 3 rings (SSSR count). The molecule has 1 aromatic carbocycles. The molecule has 0 saturated carbocycles. The van der Waals surface area contributed by atoms with E-state index in [9.17, 15) is 14.7 Å². The molecule has 1 atom stereocenters. The molecule has 2 heterocycles. The molecule has 2 aromatic rings. The summed E-state index contributed by atoms with van der Waals surface area (Å²) >= 11 is 0. The van der Waals surface area contributed by atoms with E-state index in [0.717, 1.165) is 16.9 Å². The molecule has 1 aliphatic rings. The largest absolute Gasteiger partial charge is 0.478 e. The molecule has 0 aliphatic carbocycles. The van der Waals surface area contributed by atoms with Gasteiger partial charge >= 0.3 is 5.97 Å². The van der Waals surface area contributed by atoms with Crippen LogP contribution in [0.2, 0.25) is 0 Å². The molecule has 114 valence electrons. The smallest absolute Gasteiger partial charge is 0.337 e. The van der Waals surface area contributed by atoms with Crippen LogP contribution in [0.15, 0.2) is 18.2 Å². The van der Waals surface area contributed by atoms with Gasteiger partial charge in [0.1, 0.15) is 0 Å². The Balaban J connectivity index is 1.98. The quantitative estimate of drug-likeness (QED) is 0.651. The number of amides is 1. The maximum absolute atomic E-state index is 12.2. The van der Waals surface area contributed by atoms with Crippen molar-refractivity contribution in [1.82, 2.24) is 4.98 Å². The number of carboxylic acid groups (broad SMARTS) is 1. The number of nitrogen functional groups attached to an aromatic ring is 1. The number of carbonyl (C=O) groups excluding carboxylic acids is 1. The lowest BCUT2D eigenvalue weighted by Gasteiger charge is -2.09. The second kappa shape index (κ2) is 4.91. The lowest BCUT2D eigenvalue weighted by atomic mass is 9.93. The summed E-state index contributed by atoms with van der Waals surface area (Å²) < 4.78 is 0. The molecule has 0 radical (unpaired) electrons. The molecule has 1 amide bonds. The predicted molar refractivity (Wildman–Crippen MR) is 83.2 cm³/mol. The number of nitrogens with one attached hydrogen (secondary N) is 2. The molecular formula is C16H17N3O3. The number of aryl methyl sites for hydroxylation is 1. The van der Waals surface area contributed by atoms with Crippen molar-refractivity contribution >= 4 is 23.3 Å². The molecule has 1 aliphatic heterocycles. The number of anilines is 2. The summed E-state index contributed by atoms with van der Waals surface area (Å²) in [6, 6.07) is 5.33. The van der Waals surface area contributed by atoms with Gasteiger partial charge in [-0.25, -0.2) is 4.79 Å². The van der Waals surface area contributed by atoms with Crippen molar-refractivity contribution in [1.29, 1.82) is 0 Å². The lowest BCUT2D eigenvalue weighted by molar-refractivity contribution is -0.117. The second-order valence-electron chi connectivity index (χ2n) is 5.63. The Kier molecular flexibility index (Phi) is 3.16. The van der Waals surface area contributed by atoms with Crippen LogP contribution in [0.1, 0.15) is 38.8 Å². The average Bonchev–Trinajstić information content (AvgIpc) is 2.88. The molecule has 6 nitrogen and oxygen atoms in total. The summed E-state index contributed by atoms with van der Waals surface area (Å²) in [6.07, 6.45) is 0.419. The van der Waals surface area contributed by atoms with Crippen LogP contribution in [0, 0.1) is 13.8 Å². The summed E-state index contributed by atoms with van der Waals surface area (Å²) in [7, 11) is 0. The number of aromatic nitrogens is 1. The first kappa shape index (κ1) is 14.2. The number of carbonyl (C=O) groups is 2. The van der Waals surface area contributed by atoms with Crippen molar-refractivity contribution in [3.05, 3.63) is 46.3 Å². The van der Waals surface area contributed by atoms with Gasteiger partial charge in [0.15, 0.2) is 0 Å². The normalized spacial score (nSPS) is 16.5. The van der Waals surface area contributed by atoms with Crippen molar-refractivity contribution in [2.75, 3.05) is 11.1 Å². The van der Waals surface area contributed by atoms with Crippen LogP contribution in [-0.4, -0.2) is 22.0 Å². The molecule has 0 fully saturated rings. The first-order chi connectivity index (χ1) is 10.4. The van der Waals surface area contributed by atoms with Crippen LogP contribution < -0.4 is 11.1 Å². The Morgan fingerprint density at radius 3 is 2.73 bits per heavy atom. The lowest BCUT2D eigenvalue weighted by Crippen LogP contribution is -2.15. The van der Waals surface area contributed by atoms with Gasteiger partial charge in [0, 0.05) is 29.2 Å². The van der Waals surface area contributed by atoms with E-state index < -0.39 is 5.97 Å². The number of H-pyrrole nitrogens is 1. The van der Waals surface area contributed by atoms with Crippen molar-refractivity contribution in [3.63, 3.8) is 0 Å². The van der Waals surface area contributed by atoms with Crippen molar-refractivity contribution in [2.45, 2.75) is 26.2 Å². The number of carboxylic acids is 1. The molecular weight excluding hydrogens is 282 g/mol. The molecule has 5 N–H and O–H groups in total. The fourth-order valence-electron chi connectivity index (χ4n) is 3.09. The van der Waals surface area contributed by atoms with E-state index in [1.807, 2.05) is 0 Å². The standard InChI is InChI=1S/C16H17N3O3/c1-7-13(18-8(2)14(7)16(21)22)6-11-10-5-9(17)3-4-12(10)19-15(11)20/h3-5,11,18H,6,17H2,1-2H3,(H,19,20)(H,21,22). The number of fused-ring (bicyclic) bond motifs is 1. The Labute approximate surface area is 127 Å². The zero-order valence-corrected chi connectivity index (χ0v) is 12.4. The highest BCUT2D eigenvalue weighted by atomic mass is 16.4. The number of hydrogen-bond acceptors (Lipinski definition) is 3. The third-order valence-electron chi connectivity index (χ3n) is 4.19. The minimum absolute atomic E-state index is 0.0934. The van der Waals surface area contributed by atoms with Crippen LogP contribution in [0.5, 0.6) is 0 Å². The van der Waals surface area contributed by atoms with Crippen LogP contribution in [0.25, 0.3) is 0 Å². The number of rotatable bonds is 3. The fraction of sp³-hybridized carbons (Fsp3) is 0.250. The summed E-state index contributed by atoms with van der Waals surface area (Å²) in [6.45, 7) is 3.48. The molecule has 6 heteroatoms. The van der Waals surface area contributed by atoms with E-state index in [0.29, 0.717) is 23.4 Å². The van der Waals surface area contributed by atoms with E-state index in [1.165, 1.54) is 0 Å². The summed E-state index contributed by atoms with van der Waals surface area (Å²) in [5.74, 6) is -1.42. The third-order valence-corrected chi connectivity index (χ3v) is 4.19. The van der Waals surface area contributed by atoms with E-state index in [4.69, 9.17) is 5.73 Å². The highest BCUT2D eigenvalue weighted by Crippen LogP contribution is 2.36. The van der Waals surface area contributed by atoms with Crippen molar-refractivity contribution in [2.24, 2.45) is 0 Å². The maximum atomic E-state index is 12.2. The zero-order valence-electron chi connectivity index (χ0n) is 12.4. The highest BCUT2D eigenvalue weighted by molar-refractivity contribution is 6.03. The number of aromatic amines is 1. The van der Waals surface area contributed by atoms with Crippen LogP contribution in [0.3, 0.4) is 0 Å². The Morgan fingerprint density at radius 2 is 2.09 bits per heavy atom. The number of benzene rings is 1. The fourth-order valence-corrected chi connectivity index (χ4v) is 3.09. The molecule has 0 spiro atoms. The predicted octanol–water partition coefficient (Wildman–Crippen LogP) is 2.19. The SMILES string of the molecule is Cc1[nH]c(CC2C(=O)Nc3ccc(N)cc32)c(C)c1C(=O)O. The second-order valence-corrected chi connectivity index (χ2v) is 5.63. The summed E-state index contributed by atoms with van der Waals surface area (Å²) in [5, 5.41) is 12.1. The number of hydrogen-bond donors (Lipinski definition) is 4. The first-order valence-electron chi connectivity index (χ1n) is 7.00. The molecule has 0 bridgehead atoms. The van der Waals surface area contributed by atoms with Gasteiger partial charge in [-0.3, -0.25) is 4.79 Å². The highest BCUT2D eigenvalue weighted by Gasteiger charge is 2.32. The average molecular weight is 299 g/mol. The summed E-state index contributed by atoms with van der Waals surface area (Å²) in [4.78, 5) is 26.6. The van der Waals surface area contributed by atoms with Gasteiger partial charge in [0.25, 0.3) is 0 Å². The van der Waals surface area contributed by atoms with Crippen LogP contribution >= 0.6 is 0 Å². The van der Waals surface area contributed by atoms with E-state index in [2.05, 4.69) is 10.3 Å². The van der Waals surface area contributed by atoms with Gasteiger partial charge in [0.05, 0.1) is 11.5 Å². The van der Waals surface area contributed by atoms with E-state index in [1.54, 1.807) is 32.0 Å². The third kappa shape index (κ3) is 2.13. The van der Waals surface area contributed by atoms with Gasteiger partial charge in [-0.1, -0.05) is 0 Å². The molecule has 22 heavy (non-hydrogen) atoms. The summed E-state index contributed by atoms with van der Waals surface area (Å²) in [5.41, 5.74) is 10.4. The number of nitrogens with two attached hydrogens (primary N) is 1. The maximum Gasteiger partial charge on any atom is 0.337 e. The van der Waals surface area contributed by atoms with Gasteiger partial charge in [-0.2, -0.15) is 0 Å². The molecule has 1 aromatic heterocycles. The van der Waals surface area contributed by atoms with Crippen LogP contribution in [-0.2, 0) is 11.2 Å². The molecule has 0 saturated heterocycles. The minimum Gasteiger partial charge on any atom is -0.478 e. The van der Waals surface area contributed by atoms with Gasteiger partial charge in [0.2, 0.25) is 5.91 Å². The zero-order chi connectivity index (χ0) is 16.0. The van der Waals surface area contributed by atoms with Crippen molar-refractivity contribution < 1.29 is 14.7 Å². The molecule has 1 unspecified atom stereocenters. The first-order valence-corrected chi connectivity index (χ1v) is 7.00. The van der Waals surface area contributed by atoms with Gasteiger partial charge in [-0.05, 0) is 43.2 Å². The van der Waals surface area contributed by atoms with E-state index >= 15 is 0 Å². The minimum atomic E-state index is -0.960. The van der Waals surface area contributed by atoms with E-state index in [-0.39, 0.29) is 17.4 Å². The number of aromatic carboxylic acids is 1. The van der Waals surface area contributed by atoms with Gasteiger partial charge in [-0.15, -0.1) is 0 Å². The Bertz CT molecular complexity index is 792. The van der Waals surface area contributed by atoms with Crippen molar-refractivity contribution in [3.8, 4) is 0 Å².